The first-order chi connectivity index (χ1) is 9.51. The molecule has 0 rings (SSSR count). The van der Waals surface area contributed by atoms with Crippen LogP contribution in [0.3, 0.4) is 0 Å². The molecule has 0 N–H and O–H groups in total. The Morgan fingerprint density at radius 1 is 0.714 bits per heavy atom. The predicted molar refractivity (Wildman–Crippen MR) is 60.4 cm³/mol. The minimum atomic E-state index is -4.68. The van der Waals surface area contributed by atoms with E-state index in [4.69, 9.17) is 0 Å². The van der Waals surface area contributed by atoms with Crippen LogP contribution in [-0.4, -0.2) is 36.9 Å². The monoisotopic (exact) mass is 330 g/mol. The lowest BCUT2D eigenvalue weighted by atomic mass is 10.0. The Morgan fingerprint density at radius 3 is 1.19 bits per heavy atom. The summed E-state index contributed by atoms with van der Waals surface area (Å²) in [6.45, 7) is 2.72. The maximum atomic E-state index is 13.3. The molecule has 0 aliphatic carbocycles. The normalized spacial score (nSPS) is 16.6. The van der Waals surface area contributed by atoms with E-state index in [1.807, 2.05) is 0 Å². The number of hydrogen-bond acceptors (Lipinski definition) is 1. The molecule has 0 aliphatic rings. The second-order valence-corrected chi connectivity index (χ2v) is 4.64. The third-order valence-electron chi connectivity index (χ3n) is 2.87. The Hall–Kier alpha value is -0.600. The molecular formula is C12H18F8O. The molecule has 2 unspecified atom stereocenters. The molecule has 0 aromatic heterocycles. The summed E-state index contributed by atoms with van der Waals surface area (Å²) in [7, 11) is 0. The Bertz CT molecular complexity index is 267. The quantitative estimate of drug-likeness (QED) is 0.504. The van der Waals surface area contributed by atoms with Gasteiger partial charge in [-0.2, -0.15) is 17.6 Å². The zero-order chi connectivity index (χ0) is 16.8. The van der Waals surface area contributed by atoms with Gasteiger partial charge in [0.2, 0.25) is 0 Å². The molecule has 0 aromatic rings. The van der Waals surface area contributed by atoms with Gasteiger partial charge in [-0.15, -0.1) is 0 Å². The summed E-state index contributed by atoms with van der Waals surface area (Å²) >= 11 is 0. The molecular weight excluding hydrogens is 312 g/mol. The van der Waals surface area contributed by atoms with Crippen molar-refractivity contribution < 1.29 is 39.9 Å². The molecule has 0 aromatic carbocycles. The van der Waals surface area contributed by atoms with Crippen LogP contribution < -0.4 is 0 Å². The zero-order valence-electron chi connectivity index (χ0n) is 11.6. The van der Waals surface area contributed by atoms with Crippen molar-refractivity contribution in [3.8, 4) is 0 Å². The Kier molecular flexibility index (Phi) is 7.91. The molecule has 128 valence electrons. The van der Waals surface area contributed by atoms with E-state index in [2.05, 4.69) is 4.74 Å². The van der Waals surface area contributed by atoms with Crippen LogP contribution in [0.1, 0.15) is 39.5 Å². The molecule has 0 saturated carbocycles. The molecule has 0 fully saturated rings. The van der Waals surface area contributed by atoms with Crippen LogP contribution in [0.5, 0.6) is 0 Å². The molecule has 0 aliphatic heterocycles. The van der Waals surface area contributed by atoms with Crippen molar-refractivity contribution in [3.05, 3.63) is 0 Å². The maximum absolute atomic E-state index is 13.3. The van der Waals surface area contributed by atoms with Crippen LogP contribution in [0.4, 0.5) is 35.1 Å². The lowest BCUT2D eigenvalue weighted by Crippen LogP contribution is -2.50. The first-order valence-electron chi connectivity index (χ1n) is 6.49. The summed E-state index contributed by atoms with van der Waals surface area (Å²) in [5, 5.41) is 0. The largest absolute Gasteiger partial charge is 0.362 e. The van der Waals surface area contributed by atoms with Crippen molar-refractivity contribution in [2.75, 3.05) is 0 Å². The summed E-state index contributed by atoms with van der Waals surface area (Å²) < 4.78 is 107. The molecule has 21 heavy (non-hydrogen) atoms. The highest BCUT2D eigenvalue weighted by molar-refractivity contribution is 4.86. The maximum Gasteiger partial charge on any atom is 0.332 e. The standard InChI is InChI=1S/C12H18F8O/c1-3-5-7(11(17,18)9(13)14)21-8(6-4-2)12(19,20)10(15)16/h7-10H,3-6H2,1-2H3. The third-order valence-corrected chi connectivity index (χ3v) is 2.87. The van der Waals surface area contributed by atoms with Crippen molar-refractivity contribution in [1.29, 1.82) is 0 Å². The van der Waals surface area contributed by atoms with Gasteiger partial charge in [0.05, 0.1) is 0 Å². The van der Waals surface area contributed by atoms with Gasteiger partial charge >= 0.3 is 24.7 Å². The van der Waals surface area contributed by atoms with Gasteiger partial charge in [0.25, 0.3) is 0 Å². The van der Waals surface area contributed by atoms with Crippen molar-refractivity contribution in [2.24, 2.45) is 0 Å². The van der Waals surface area contributed by atoms with E-state index in [0.29, 0.717) is 0 Å². The molecule has 0 saturated heterocycles. The second-order valence-electron chi connectivity index (χ2n) is 4.64. The number of halogens is 8. The smallest absolute Gasteiger partial charge is 0.332 e. The summed E-state index contributed by atoms with van der Waals surface area (Å²) in [5.74, 6) is -9.36. The number of ether oxygens (including phenoxy) is 1. The minimum absolute atomic E-state index is 0.0495. The summed E-state index contributed by atoms with van der Waals surface area (Å²) in [6, 6.07) is 0. The fourth-order valence-electron chi connectivity index (χ4n) is 1.71. The third kappa shape index (κ3) is 5.27. The van der Waals surface area contributed by atoms with Gasteiger partial charge in [-0.3, -0.25) is 0 Å². The summed E-state index contributed by atoms with van der Waals surface area (Å²) in [6.07, 6.45) is -14.7. The van der Waals surface area contributed by atoms with Crippen LogP contribution in [-0.2, 0) is 4.74 Å². The zero-order valence-corrected chi connectivity index (χ0v) is 11.6. The van der Waals surface area contributed by atoms with Crippen LogP contribution in [0, 0.1) is 0 Å². The van der Waals surface area contributed by atoms with E-state index < -0.39 is 49.7 Å². The first kappa shape index (κ1) is 20.4. The molecule has 0 bridgehead atoms. The summed E-state index contributed by atoms with van der Waals surface area (Å²) in [4.78, 5) is 0. The molecule has 1 nitrogen and oxygen atoms in total. The van der Waals surface area contributed by atoms with Crippen LogP contribution in [0.15, 0.2) is 0 Å². The summed E-state index contributed by atoms with van der Waals surface area (Å²) in [5.41, 5.74) is 0. The average molecular weight is 330 g/mol. The Balaban J connectivity index is 5.25. The fraction of sp³-hybridized carbons (Fsp3) is 1.00. The average Bonchev–Trinajstić information content (AvgIpc) is 2.36. The molecule has 0 radical (unpaired) electrons. The molecule has 0 heterocycles. The lowest BCUT2D eigenvalue weighted by molar-refractivity contribution is -0.270. The van der Waals surface area contributed by atoms with E-state index in [0.717, 1.165) is 0 Å². The van der Waals surface area contributed by atoms with Crippen LogP contribution in [0.2, 0.25) is 0 Å². The van der Waals surface area contributed by atoms with Gasteiger partial charge in [0.1, 0.15) is 12.2 Å². The SMILES string of the molecule is CCCC(OC(CCC)C(F)(F)C(F)F)C(F)(F)C(F)F. The van der Waals surface area contributed by atoms with E-state index in [1.54, 1.807) is 0 Å². The van der Waals surface area contributed by atoms with Crippen molar-refractivity contribution >= 4 is 0 Å². The molecule has 2 atom stereocenters. The van der Waals surface area contributed by atoms with E-state index in [1.165, 1.54) is 13.8 Å². The fourth-order valence-corrected chi connectivity index (χ4v) is 1.71. The van der Waals surface area contributed by atoms with E-state index >= 15 is 0 Å². The Morgan fingerprint density at radius 2 is 1.00 bits per heavy atom. The van der Waals surface area contributed by atoms with Crippen LogP contribution in [0.25, 0.3) is 0 Å². The van der Waals surface area contributed by atoms with Crippen LogP contribution >= 0.6 is 0 Å². The van der Waals surface area contributed by atoms with Crippen molar-refractivity contribution in [1.82, 2.24) is 0 Å². The lowest BCUT2D eigenvalue weighted by Gasteiger charge is -2.33. The molecule has 9 heteroatoms. The first-order valence-corrected chi connectivity index (χ1v) is 6.49. The van der Waals surface area contributed by atoms with Gasteiger partial charge in [0.15, 0.2) is 0 Å². The number of alkyl halides is 8. The van der Waals surface area contributed by atoms with Crippen molar-refractivity contribution in [2.45, 2.75) is 76.4 Å². The van der Waals surface area contributed by atoms with Gasteiger partial charge in [-0.25, -0.2) is 17.6 Å². The Labute approximate surface area is 117 Å². The van der Waals surface area contributed by atoms with E-state index in [-0.39, 0.29) is 12.8 Å². The second kappa shape index (κ2) is 8.14. The highest BCUT2D eigenvalue weighted by atomic mass is 19.3. The number of rotatable bonds is 10. The van der Waals surface area contributed by atoms with Gasteiger partial charge in [0, 0.05) is 0 Å². The highest BCUT2D eigenvalue weighted by Gasteiger charge is 2.55. The van der Waals surface area contributed by atoms with Gasteiger partial charge in [-0.1, -0.05) is 26.7 Å². The van der Waals surface area contributed by atoms with Gasteiger partial charge < -0.3 is 4.74 Å². The van der Waals surface area contributed by atoms with Gasteiger partial charge in [-0.05, 0) is 12.8 Å². The molecule has 0 amide bonds. The van der Waals surface area contributed by atoms with E-state index in [9.17, 15) is 35.1 Å². The number of hydrogen-bond donors (Lipinski definition) is 0. The predicted octanol–water partition coefficient (Wildman–Crippen LogP) is 5.14. The van der Waals surface area contributed by atoms with Crippen molar-refractivity contribution in [3.63, 3.8) is 0 Å². The highest BCUT2D eigenvalue weighted by Crippen LogP contribution is 2.37. The molecule has 0 spiro atoms. The minimum Gasteiger partial charge on any atom is -0.362 e. The topological polar surface area (TPSA) is 9.23 Å².